The van der Waals surface area contributed by atoms with Crippen LogP contribution < -0.4 is 5.32 Å². The Morgan fingerprint density at radius 3 is 2.35 bits per heavy atom. The monoisotopic (exact) mass is 332 g/mol. The quantitative estimate of drug-likeness (QED) is 0.801. The van der Waals surface area contributed by atoms with Crippen molar-refractivity contribution in [2.75, 3.05) is 5.32 Å². The standard InChI is InChI=1S/C17H21BrN2/c18-14-4-3-5-15(12-14)20-17(13-19)10-8-16(9-11-17)6-1-2-7-16/h3-5,12,20H,1-2,6-11H2. The predicted octanol–water partition coefficient (Wildman–Crippen LogP) is 5.26. The van der Waals surface area contributed by atoms with Gasteiger partial charge >= 0.3 is 0 Å². The number of rotatable bonds is 2. The van der Waals surface area contributed by atoms with E-state index in [2.05, 4.69) is 33.4 Å². The summed E-state index contributed by atoms with van der Waals surface area (Å²) in [7, 11) is 0. The van der Waals surface area contributed by atoms with Crippen molar-refractivity contribution < 1.29 is 0 Å². The molecule has 2 fully saturated rings. The van der Waals surface area contributed by atoms with E-state index in [-0.39, 0.29) is 5.54 Å². The summed E-state index contributed by atoms with van der Waals surface area (Å²) in [5.74, 6) is 0. The highest BCUT2D eigenvalue weighted by atomic mass is 79.9. The van der Waals surface area contributed by atoms with Crippen molar-refractivity contribution >= 4 is 21.6 Å². The number of anilines is 1. The summed E-state index contributed by atoms with van der Waals surface area (Å²) in [5.41, 5.74) is 1.25. The lowest BCUT2D eigenvalue weighted by Gasteiger charge is -2.42. The smallest absolute Gasteiger partial charge is 0.125 e. The van der Waals surface area contributed by atoms with Gasteiger partial charge in [-0.05, 0) is 62.1 Å². The minimum Gasteiger partial charge on any atom is -0.367 e. The zero-order valence-electron chi connectivity index (χ0n) is 11.8. The fraction of sp³-hybridized carbons (Fsp3) is 0.588. The first-order valence-electron chi connectivity index (χ1n) is 7.61. The minimum absolute atomic E-state index is 0.366. The molecule has 1 spiro atoms. The zero-order chi connectivity index (χ0) is 14.1. The van der Waals surface area contributed by atoms with Crippen molar-refractivity contribution in [3.05, 3.63) is 28.7 Å². The lowest BCUT2D eigenvalue weighted by Crippen LogP contribution is -2.43. The van der Waals surface area contributed by atoms with Crippen molar-refractivity contribution in [2.24, 2.45) is 5.41 Å². The van der Waals surface area contributed by atoms with Gasteiger partial charge in [-0.25, -0.2) is 0 Å². The summed E-state index contributed by atoms with van der Waals surface area (Å²) >= 11 is 3.49. The Balaban J connectivity index is 1.72. The average Bonchev–Trinajstić information content (AvgIpc) is 2.91. The first kappa shape index (κ1) is 13.9. The normalized spacial score (nSPS) is 23.4. The van der Waals surface area contributed by atoms with E-state index >= 15 is 0 Å². The van der Waals surface area contributed by atoms with E-state index in [0.717, 1.165) is 23.0 Å². The van der Waals surface area contributed by atoms with E-state index in [1.807, 2.05) is 18.2 Å². The molecule has 0 amide bonds. The highest BCUT2D eigenvalue weighted by Crippen LogP contribution is 2.51. The molecule has 0 bridgehead atoms. The first-order valence-corrected chi connectivity index (χ1v) is 8.40. The van der Waals surface area contributed by atoms with Crippen LogP contribution in [0.25, 0.3) is 0 Å². The van der Waals surface area contributed by atoms with Gasteiger partial charge < -0.3 is 5.32 Å². The van der Waals surface area contributed by atoms with Crippen molar-refractivity contribution in [3.8, 4) is 6.07 Å². The molecule has 0 radical (unpaired) electrons. The second kappa shape index (κ2) is 5.41. The van der Waals surface area contributed by atoms with Crippen LogP contribution in [-0.4, -0.2) is 5.54 Å². The van der Waals surface area contributed by atoms with Crippen LogP contribution in [0.1, 0.15) is 51.4 Å². The lowest BCUT2D eigenvalue weighted by molar-refractivity contribution is 0.167. The number of benzene rings is 1. The van der Waals surface area contributed by atoms with E-state index in [1.165, 1.54) is 38.5 Å². The number of nitrogens with zero attached hydrogens (tertiary/aromatic N) is 1. The molecular weight excluding hydrogens is 312 g/mol. The molecule has 0 atom stereocenters. The Labute approximate surface area is 129 Å². The molecule has 0 saturated heterocycles. The topological polar surface area (TPSA) is 35.8 Å². The summed E-state index contributed by atoms with van der Waals surface area (Å²) in [6.45, 7) is 0. The molecule has 2 aliphatic carbocycles. The number of hydrogen-bond acceptors (Lipinski definition) is 2. The van der Waals surface area contributed by atoms with Gasteiger partial charge in [-0.3, -0.25) is 0 Å². The van der Waals surface area contributed by atoms with Gasteiger partial charge in [-0.1, -0.05) is 34.8 Å². The third-order valence-electron chi connectivity index (χ3n) is 5.25. The van der Waals surface area contributed by atoms with Gasteiger partial charge in [0.2, 0.25) is 0 Å². The van der Waals surface area contributed by atoms with Crippen LogP contribution in [0.2, 0.25) is 0 Å². The van der Waals surface area contributed by atoms with Crippen molar-refractivity contribution in [1.82, 2.24) is 0 Å². The van der Waals surface area contributed by atoms with Gasteiger partial charge in [0, 0.05) is 10.2 Å². The van der Waals surface area contributed by atoms with Crippen LogP contribution in [0.5, 0.6) is 0 Å². The van der Waals surface area contributed by atoms with Crippen LogP contribution in [0.3, 0.4) is 0 Å². The van der Waals surface area contributed by atoms with Crippen LogP contribution in [0, 0.1) is 16.7 Å². The van der Waals surface area contributed by atoms with Gasteiger partial charge in [0.25, 0.3) is 0 Å². The number of nitrogens with one attached hydrogen (secondary N) is 1. The second-order valence-electron chi connectivity index (χ2n) is 6.54. The van der Waals surface area contributed by atoms with Crippen molar-refractivity contribution in [3.63, 3.8) is 0 Å². The lowest BCUT2D eigenvalue weighted by atomic mass is 9.67. The van der Waals surface area contributed by atoms with Crippen LogP contribution in [0.15, 0.2) is 28.7 Å². The van der Waals surface area contributed by atoms with Gasteiger partial charge in [0.15, 0.2) is 0 Å². The fourth-order valence-electron chi connectivity index (χ4n) is 3.94. The molecule has 3 rings (SSSR count). The van der Waals surface area contributed by atoms with Crippen LogP contribution >= 0.6 is 15.9 Å². The van der Waals surface area contributed by atoms with Gasteiger partial charge in [0.05, 0.1) is 6.07 Å². The summed E-state index contributed by atoms with van der Waals surface area (Å²) in [6, 6.07) is 10.7. The predicted molar refractivity (Wildman–Crippen MR) is 85.5 cm³/mol. The largest absolute Gasteiger partial charge is 0.367 e. The Hall–Kier alpha value is -1.01. The zero-order valence-corrected chi connectivity index (χ0v) is 13.4. The molecule has 3 heteroatoms. The van der Waals surface area contributed by atoms with Gasteiger partial charge in [-0.15, -0.1) is 0 Å². The third kappa shape index (κ3) is 2.72. The van der Waals surface area contributed by atoms with E-state index in [1.54, 1.807) is 0 Å². The fourth-order valence-corrected chi connectivity index (χ4v) is 4.34. The third-order valence-corrected chi connectivity index (χ3v) is 5.74. The SMILES string of the molecule is N#CC1(Nc2cccc(Br)c2)CCC2(CCCC2)CC1. The molecule has 0 heterocycles. The summed E-state index contributed by atoms with van der Waals surface area (Å²) in [4.78, 5) is 0. The Morgan fingerprint density at radius 2 is 1.75 bits per heavy atom. The maximum Gasteiger partial charge on any atom is 0.125 e. The van der Waals surface area contributed by atoms with E-state index in [4.69, 9.17) is 0 Å². The minimum atomic E-state index is -0.366. The molecule has 1 aromatic carbocycles. The molecule has 1 aromatic rings. The molecule has 2 aliphatic rings. The second-order valence-corrected chi connectivity index (χ2v) is 7.45. The first-order chi connectivity index (χ1) is 9.65. The summed E-state index contributed by atoms with van der Waals surface area (Å²) in [6.07, 6.45) is 9.92. The molecule has 0 aromatic heterocycles. The van der Waals surface area contributed by atoms with E-state index in [9.17, 15) is 5.26 Å². The van der Waals surface area contributed by atoms with Crippen molar-refractivity contribution in [2.45, 2.75) is 56.9 Å². The molecule has 0 unspecified atom stereocenters. The van der Waals surface area contributed by atoms with Crippen LogP contribution in [0.4, 0.5) is 5.69 Å². The van der Waals surface area contributed by atoms with Crippen LogP contribution in [-0.2, 0) is 0 Å². The molecule has 2 nitrogen and oxygen atoms in total. The Kier molecular flexibility index (Phi) is 3.77. The maximum absolute atomic E-state index is 9.68. The number of hydrogen-bond donors (Lipinski definition) is 1. The highest BCUT2D eigenvalue weighted by molar-refractivity contribution is 9.10. The molecule has 0 aliphatic heterocycles. The Bertz CT molecular complexity index is 516. The summed E-state index contributed by atoms with van der Waals surface area (Å²) in [5, 5.41) is 13.2. The highest BCUT2D eigenvalue weighted by Gasteiger charge is 2.44. The number of halogens is 1. The number of nitriles is 1. The van der Waals surface area contributed by atoms with E-state index in [0.29, 0.717) is 5.41 Å². The molecular formula is C17H21BrN2. The van der Waals surface area contributed by atoms with E-state index < -0.39 is 0 Å². The van der Waals surface area contributed by atoms with Gasteiger partial charge in [0.1, 0.15) is 5.54 Å². The summed E-state index contributed by atoms with van der Waals surface area (Å²) < 4.78 is 1.05. The molecule has 2 saturated carbocycles. The molecule has 1 N–H and O–H groups in total. The average molecular weight is 333 g/mol. The maximum atomic E-state index is 9.68. The van der Waals surface area contributed by atoms with Gasteiger partial charge in [-0.2, -0.15) is 5.26 Å². The van der Waals surface area contributed by atoms with Crippen molar-refractivity contribution in [1.29, 1.82) is 5.26 Å². The molecule has 20 heavy (non-hydrogen) atoms. The molecule has 106 valence electrons. The Morgan fingerprint density at radius 1 is 1.05 bits per heavy atom.